The second kappa shape index (κ2) is 5.39. The lowest BCUT2D eigenvalue weighted by molar-refractivity contribution is -0.144. The summed E-state index contributed by atoms with van der Waals surface area (Å²) in [4.78, 5) is 24.1. The first-order chi connectivity index (χ1) is 11.3. The van der Waals surface area contributed by atoms with Crippen molar-refractivity contribution in [3.63, 3.8) is 0 Å². The average Bonchev–Trinajstić information content (AvgIpc) is 3.16. The fourth-order valence-electron chi connectivity index (χ4n) is 2.93. The van der Waals surface area contributed by atoms with Gasteiger partial charge in [0.25, 0.3) is 0 Å². The summed E-state index contributed by atoms with van der Waals surface area (Å²) in [6.07, 6.45) is 3.50. The summed E-state index contributed by atoms with van der Waals surface area (Å²) in [5.74, 6) is 0.314. The number of benzene rings is 1. The lowest BCUT2D eigenvalue weighted by atomic mass is 10.0. The van der Waals surface area contributed by atoms with Gasteiger partial charge in [-0.3, -0.25) is 9.78 Å². The first-order valence-electron chi connectivity index (χ1n) is 7.61. The maximum atomic E-state index is 12.1. The highest BCUT2D eigenvalue weighted by Crippen LogP contribution is 2.35. The predicted molar refractivity (Wildman–Crippen MR) is 87.2 cm³/mol. The minimum absolute atomic E-state index is 0.190. The lowest BCUT2D eigenvalue weighted by Crippen LogP contribution is -2.17. The Bertz CT molecular complexity index is 873. The van der Waals surface area contributed by atoms with Crippen LogP contribution >= 0.6 is 0 Å². The second-order valence-corrected chi connectivity index (χ2v) is 5.47. The van der Waals surface area contributed by atoms with Crippen LogP contribution in [0, 0.1) is 0 Å². The molecule has 0 saturated heterocycles. The van der Waals surface area contributed by atoms with Crippen molar-refractivity contribution in [2.24, 2.45) is 0 Å². The molecule has 2 aromatic heterocycles. The number of H-pyrrole nitrogens is 1. The van der Waals surface area contributed by atoms with Crippen molar-refractivity contribution >= 4 is 22.7 Å². The molecule has 1 aliphatic rings. The van der Waals surface area contributed by atoms with Crippen LogP contribution in [0.2, 0.25) is 0 Å². The van der Waals surface area contributed by atoms with Crippen LogP contribution in [0.3, 0.4) is 0 Å². The summed E-state index contributed by atoms with van der Waals surface area (Å²) in [5.41, 5.74) is 4.59. The number of aromatic amines is 1. The van der Waals surface area contributed by atoms with Crippen LogP contribution in [0.15, 0.2) is 36.7 Å². The zero-order valence-corrected chi connectivity index (χ0v) is 12.7. The number of carbonyl (C=O) groups is 1. The van der Waals surface area contributed by atoms with Gasteiger partial charge in [-0.1, -0.05) is 0 Å². The normalized spacial score (nSPS) is 16.1. The first-order valence-corrected chi connectivity index (χ1v) is 7.61. The zero-order chi connectivity index (χ0) is 15.8. The molecule has 0 fully saturated rings. The molecule has 0 bridgehead atoms. The Labute approximate surface area is 132 Å². The molecule has 1 unspecified atom stereocenters. The van der Waals surface area contributed by atoms with E-state index < -0.39 is 0 Å². The number of ether oxygens (including phenoxy) is 1. The summed E-state index contributed by atoms with van der Waals surface area (Å²) in [7, 11) is 0. The molecule has 0 amide bonds. The van der Waals surface area contributed by atoms with E-state index in [9.17, 15) is 4.79 Å². The number of aromatic nitrogens is 3. The monoisotopic (exact) mass is 308 g/mol. The van der Waals surface area contributed by atoms with E-state index in [-0.39, 0.29) is 11.9 Å². The highest BCUT2D eigenvalue weighted by molar-refractivity contribution is 5.90. The maximum Gasteiger partial charge on any atom is 0.315 e. The van der Waals surface area contributed by atoms with Gasteiger partial charge in [-0.15, -0.1) is 0 Å². The van der Waals surface area contributed by atoms with Gasteiger partial charge in [-0.05, 0) is 36.8 Å². The van der Waals surface area contributed by atoms with E-state index in [4.69, 9.17) is 4.74 Å². The lowest BCUT2D eigenvalue weighted by Gasteiger charge is -2.08. The highest BCUT2D eigenvalue weighted by Gasteiger charge is 2.30. The Morgan fingerprint density at radius 1 is 1.43 bits per heavy atom. The number of anilines is 1. The summed E-state index contributed by atoms with van der Waals surface area (Å²) in [5, 5.41) is 3.26. The van der Waals surface area contributed by atoms with Gasteiger partial charge in [-0.25, -0.2) is 4.98 Å². The molecular weight excluding hydrogens is 292 g/mol. The number of nitrogens with zero attached hydrogens (tertiary/aromatic N) is 2. The van der Waals surface area contributed by atoms with E-state index in [1.54, 1.807) is 12.4 Å². The van der Waals surface area contributed by atoms with E-state index in [0.717, 1.165) is 33.7 Å². The SMILES string of the molecule is CCOC(=O)C1CNc2cc3nc(-c4cccnc4)[nH]c3cc21. The van der Waals surface area contributed by atoms with Gasteiger partial charge in [0, 0.05) is 30.2 Å². The van der Waals surface area contributed by atoms with Gasteiger partial charge in [0.05, 0.1) is 17.6 Å². The first kappa shape index (κ1) is 13.8. The molecule has 1 aliphatic heterocycles. The van der Waals surface area contributed by atoms with Crippen LogP contribution in [-0.4, -0.2) is 34.1 Å². The maximum absolute atomic E-state index is 12.1. The Balaban J connectivity index is 1.76. The van der Waals surface area contributed by atoms with Crippen molar-refractivity contribution < 1.29 is 9.53 Å². The summed E-state index contributed by atoms with van der Waals surface area (Å²) in [6, 6.07) is 7.79. The number of fused-ring (bicyclic) bond motifs is 2. The van der Waals surface area contributed by atoms with Crippen molar-refractivity contribution in [3.8, 4) is 11.4 Å². The molecule has 0 aliphatic carbocycles. The van der Waals surface area contributed by atoms with Crippen molar-refractivity contribution in [3.05, 3.63) is 42.2 Å². The Kier molecular flexibility index (Phi) is 3.22. The van der Waals surface area contributed by atoms with Gasteiger partial charge in [0.15, 0.2) is 0 Å². The third-order valence-electron chi connectivity index (χ3n) is 4.03. The van der Waals surface area contributed by atoms with Crippen molar-refractivity contribution in [1.82, 2.24) is 15.0 Å². The fraction of sp³-hybridized carbons (Fsp3) is 0.235. The van der Waals surface area contributed by atoms with Gasteiger partial charge in [0.1, 0.15) is 11.7 Å². The standard InChI is InChI=1S/C17H16N4O2/c1-2-23-17(22)12-9-19-13-7-15-14(6-11(12)13)20-16(21-15)10-4-3-5-18-8-10/h3-8,12,19H,2,9H2,1H3,(H,20,21). The molecule has 0 spiro atoms. The van der Waals surface area contributed by atoms with E-state index >= 15 is 0 Å². The van der Waals surface area contributed by atoms with Crippen molar-refractivity contribution in [2.45, 2.75) is 12.8 Å². The fourth-order valence-corrected chi connectivity index (χ4v) is 2.93. The molecule has 0 radical (unpaired) electrons. The average molecular weight is 308 g/mol. The number of esters is 1. The second-order valence-electron chi connectivity index (χ2n) is 5.47. The smallest absolute Gasteiger partial charge is 0.315 e. The summed E-state index contributed by atoms with van der Waals surface area (Å²) >= 11 is 0. The zero-order valence-electron chi connectivity index (χ0n) is 12.7. The van der Waals surface area contributed by atoms with Gasteiger partial charge in [-0.2, -0.15) is 0 Å². The van der Waals surface area contributed by atoms with Crippen LogP contribution in [-0.2, 0) is 9.53 Å². The number of hydrogen-bond donors (Lipinski definition) is 2. The third-order valence-corrected chi connectivity index (χ3v) is 4.03. The minimum Gasteiger partial charge on any atom is -0.465 e. The molecule has 4 rings (SSSR count). The molecule has 116 valence electrons. The molecule has 1 atom stereocenters. The van der Waals surface area contributed by atoms with Crippen LogP contribution < -0.4 is 5.32 Å². The van der Waals surface area contributed by atoms with Crippen molar-refractivity contribution in [2.75, 3.05) is 18.5 Å². The highest BCUT2D eigenvalue weighted by atomic mass is 16.5. The van der Waals surface area contributed by atoms with Gasteiger partial charge >= 0.3 is 5.97 Å². The van der Waals surface area contributed by atoms with Crippen LogP contribution in [0.1, 0.15) is 18.4 Å². The van der Waals surface area contributed by atoms with Gasteiger partial charge < -0.3 is 15.0 Å². The van der Waals surface area contributed by atoms with Gasteiger partial charge in [0.2, 0.25) is 0 Å². The van der Waals surface area contributed by atoms with Crippen LogP contribution in [0.5, 0.6) is 0 Å². The van der Waals surface area contributed by atoms with E-state index in [1.807, 2.05) is 31.2 Å². The molecule has 2 N–H and O–H groups in total. The Morgan fingerprint density at radius 3 is 3.13 bits per heavy atom. The number of rotatable bonds is 3. The van der Waals surface area contributed by atoms with E-state index in [1.165, 1.54) is 0 Å². The number of carbonyl (C=O) groups excluding carboxylic acids is 1. The summed E-state index contributed by atoms with van der Waals surface area (Å²) < 4.78 is 5.16. The van der Waals surface area contributed by atoms with Crippen molar-refractivity contribution in [1.29, 1.82) is 0 Å². The molecule has 3 heterocycles. The molecule has 0 saturated carbocycles. The third kappa shape index (κ3) is 2.32. The van der Waals surface area contributed by atoms with Crippen LogP contribution in [0.25, 0.3) is 22.4 Å². The molecular formula is C17H16N4O2. The Hall–Kier alpha value is -2.89. The van der Waals surface area contributed by atoms with E-state index in [0.29, 0.717) is 13.2 Å². The molecule has 3 aromatic rings. The number of hydrogen-bond acceptors (Lipinski definition) is 5. The predicted octanol–water partition coefficient (Wildman–Crippen LogP) is 2.70. The minimum atomic E-state index is -0.264. The largest absolute Gasteiger partial charge is 0.465 e. The molecule has 6 heteroatoms. The quantitative estimate of drug-likeness (QED) is 0.727. The molecule has 6 nitrogen and oxygen atoms in total. The molecule has 1 aromatic carbocycles. The summed E-state index contributed by atoms with van der Waals surface area (Å²) in [6.45, 7) is 2.78. The number of imidazole rings is 1. The molecule has 23 heavy (non-hydrogen) atoms. The Morgan fingerprint density at radius 2 is 2.35 bits per heavy atom. The topological polar surface area (TPSA) is 79.9 Å². The number of nitrogens with one attached hydrogen (secondary N) is 2. The van der Waals surface area contributed by atoms with Crippen LogP contribution in [0.4, 0.5) is 5.69 Å². The number of pyridine rings is 1. The van der Waals surface area contributed by atoms with E-state index in [2.05, 4.69) is 20.3 Å².